The topological polar surface area (TPSA) is 63.8 Å². The molecule has 1 unspecified atom stereocenters. The highest BCUT2D eigenvalue weighted by Gasteiger charge is 2.00. The number of hydrogen-bond donors (Lipinski definition) is 2. The second-order valence-electron chi connectivity index (χ2n) is 4.66. The van der Waals surface area contributed by atoms with Gasteiger partial charge in [-0.3, -0.25) is 0 Å². The molecule has 1 heterocycles. The largest absolute Gasteiger partial charge is 0.354 e. The van der Waals surface area contributed by atoms with Crippen molar-refractivity contribution >= 4 is 16.9 Å². The van der Waals surface area contributed by atoms with Gasteiger partial charge in [-0.2, -0.15) is 0 Å². The van der Waals surface area contributed by atoms with Gasteiger partial charge in [-0.25, -0.2) is 9.97 Å². The van der Waals surface area contributed by atoms with Crippen LogP contribution in [0.4, 0.5) is 5.95 Å². The van der Waals surface area contributed by atoms with E-state index < -0.39 is 0 Å². The Morgan fingerprint density at radius 2 is 2.17 bits per heavy atom. The molecule has 96 valence electrons. The highest BCUT2D eigenvalue weighted by molar-refractivity contribution is 5.78. The lowest BCUT2D eigenvalue weighted by atomic mass is 10.1. The van der Waals surface area contributed by atoms with Gasteiger partial charge in [0.05, 0.1) is 5.52 Å². The van der Waals surface area contributed by atoms with Crippen molar-refractivity contribution in [1.29, 1.82) is 0 Å². The van der Waals surface area contributed by atoms with Crippen LogP contribution in [0.15, 0.2) is 30.5 Å². The maximum absolute atomic E-state index is 5.58. The van der Waals surface area contributed by atoms with Gasteiger partial charge in [0.1, 0.15) is 0 Å². The Bertz CT molecular complexity index is 498. The second kappa shape index (κ2) is 6.31. The van der Waals surface area contributed by atoms with E-state index in [1.165, 1.54) is 0 Å². The van der Waals surface area contributed by atoms with Gasteiger partial charge in [-0.15, -0.1) is 0 Å². The van der Waals surface area contributed by atoms with Crippen LogP contribution in [-0.2, 0) is 0 Å². The molecule has 3 N–H and O–H groups in total. The number of nitrogens with one attached hydrogen (secondary N) is 1. The number of para-hydroxylation sites is 1. The van der Waals surface area contributed by atoms with Gasteiger partial charge in [0.2, 0.25) is 5.95 Å². The summed E-state index contributed by atoms with van der Waals surface area (Å²) in [6, 6.07) is 8.00. The van der Waals surface area contributed by atoms with Gasteiger partial charge in [0, 0.05) is 18.1 Å². The van der Waals surface area contributed by atoms with E-state index in [1.807, 2.05) is 30.5 Å². The van der Waals surface area contributed by atoms with Crippen LogP contribution in [0, 0.1) is 5.92 Å². The molecule has 0 bridgehead atoms. The van der Waals surface area contributed by atoms with Gasteiger partial charge in [-0.1, -0.05) is 25.1 Å². The van der Waals surface area contributed by atoms with Crippen molar-refractivity contribution in [3.63, 3.8) is 0 Å². The van der Waals surface area contributed by atoms with Crippen molar-refractivity contribution in [2.75, 3.05) is 18.4 Å². The monoisotopic (exact) mass is 244 g/mol. The van der Waals surface area contributed by atoms with E-state index in [-0.39, 0.29) is 0 Å². The van der Waals surface area contributed by atoms with E-state index in [9.17, 15) is 0 Å². The number of aromatic nitrogens is 2. The predicted octanol–water partition coefficient (Wildman–Crippen LogP) is 2.42. The second-order valence-corrected chi connectivity index (χ2v) is 4.66. The lowest BCUT2D eigenvalue weighted by molar-refractivity contribution is 0.529. The Kier molecular flexibility index (Phi) is 4.47. The normalized spacial score (nSPS) is 12.6. The van der Waals surface area contributed by atoms with Gasteiger partial charge < -0.3 is 11.1 Å². The maximum Gasteiger partial charge on any atom is 0.223 e. The fraction of sp³-hybridized carbons (Fsp3) is 0.429. The fourth-order valence-corrected chi connectivity index (χ4v) is 1.83. The molecule has 1 atom stereocenters. The summed E-state index contributed by atoms with van der Waals surface area (Å²) in [6.45, 7) is 3.82. The number of rotatable bonds is 6. The van der Waals surface area contributed by atoms with E-state index in [1.54, 1.807) is 0 Å². The molecule has 2 aromatic rings. The minimum absolute atomic E-state index is 0.587. The number of fused-ring (bicyclic) bond motifs is 1. The van der Waals surface area contributed by atoms with Crippen LogP contribution < -0.4 is 11.1 Å². The predicted molar refractivity (Wildman–Crippen MR) is 75.5 cm³/mol. The zero-order valence-electron chi connectivity index (χ0n) is 10.8. The molecule has 0 saturated heterocycles. The summed E-state index contributed by atoms with van der Waals surface area (Å²) in [6.07, 6.45) is 4.08. The van der Waals surface area contributed by atoms with E-state index in [2.05, 4.69) is 22.2 Å². The number of benzene rings is 1. The zero-order valence-corrected chi connectivity index (χ0v) is 10.8. The molecule has 0 aliphatic rings. The zero-order chi connectivity index (χ0) is 12.8. The summed E-state index contributed by atoms with van der Waals surface area (Å²) in [5.74, 6) is 1.29. The Morgan fingerprint density at radius 1 is 1.33 bits per heavy atom. The lowest BCUT2D eigenvalue weighted by Crippen LogP contribution is -2.13. The molecule has 0 spiro atoms. The van der Waals surface area contributed by atoms with Crippen molar-refractivity contribution in [2.24, 2.45) is 11.7 Å². The Hall–Kier alpha value is -1.68. The van der Waals surface area contributed by atoms with Crippen LogP contribution in [0.2, 0.25) is 0 Å². The molecule has 2 rings (SSSR count). The Morgan fingerprint density at radius 3 is 3.00 bits per heavy atom. The van der Waals surface area contributed by atoms with Crippen molar-refractivity contribution < 1.29 is 0 Å². The highest BCUT2D eigenvalue weighted by atomic mass is 15.1. The van der Waals surface area contributed by atoms with Crippen LogP contribution in [-0.4, -0.2) is 23.1 Å². The van der Waals surface area contributed by atoms with Crippen LogP contribution in [0.1, 0.15) is 19.8 Å². The third-order valence-corrected chi connectivity index (χ3v) is 3.05. The molecule has 1 aromatic heterocycles. The standard InChI is InChI=1S/C14H20N4/c1-11(9-15)5-4-8-16-14-17-10-12-6-2-3-7-13(12)18-14/h2-3,6-7,10-11H,4-5,8-9,15H2,1H3,(H,16,17,18). The maximum atomic E-state index is 5.58. The molecular weight excluding hydrogens is 224 g/mol. The number of nitrogens with zero attached hydrogens (tertiary/aromatic N) is 2. The molecule has 0 amide bonds. The molecule has 18 heavy (non-hydrogen) atoms. The number of anilines is 1. The van der Waals surface area contributed by atoms with Crippen molar-refractivity contribution in [3.8, 4) is 0 Å². The van der Waals surface area contributed by atoms with Crippen LogP contribution in [0.3, 0.4) is 0 Å². The third kappa shape index (κ3) is 3.40. The first-order valence-electron chi connectivity index (χ1n) is 6.45. The van der Waals surface area contributed by atoms with E-state index in [0.717, 1.165) is 36.8 Å². The van der Waals surface area contributed by atoms with Crippen LogP contribution in [0.25, 0.3) is 10.9 Å². The smallest absolute Gasteiger partial charge is 0.223 e. The molecule has 4 heteroatoms. The Balaban J connectivity index is 1.88. The summed E-state index contributed by atoms with van der Waals surface area (Å²) in [4.78, 5) is 8.76. The minimum Gasteiger partial charge on any atom is -0.354 e. The van der Waals surface area contributed by atoms with E-state index in [0.29, 0.717) is 11.9 Å². The summed E-state index contributed by atoms with van der Waals surface area (Å²) in [5, 5.41) is 4.32. The van der Waals surface area contributed by atoms with Gasteiger partial charge >= 0.3 is 0 Å². The summed E-state index contributed by atoms with van der Waals surface area (Å²) >= 11 is 0. The van der Waals surface area contributed by atoms with E-state index >= 15 is 0 Å². The number of hydrogen-bond acceptors (Lipinski definition) is 4. The minimum atomic E-state index is 0.587. The molecule has 0 fully saturated rings. The van der Waals surface area contributed by atoms with Gasteiger partial charge in [0.15, 0.2) is 0 Å². The molecule has 0 aliphatic heterocycles. The first-order chi connectivity index (χ1) is 8.79. The average Bonchev–Trinajstić information content (AvgIpc) is 2.43. The van der Waals surface area contributed by atoms with Crippen molar-refractivity contribution in [1.82, 2.24) is 9.97 Å². The molecule has 0 radical (unpaired) electrons. The highest BCUT2D eigenvalue weighted by Crippen LogP contribution is 2.11. The first-order valence-corrected chi connectivity index (χ1v) is 6.45. The average molecular weight is 244 g/mol. The molecule has 0 aliphatic carbocycles. The summed E-state index contributed by atoms with van der Waals surface area (Å²) in [7, 11) is 0. The fourth-order valence-electron chi connectivity index (χ4n) is 1.83. The van der Waals surface area contributed by atoms with Crippen molar-refractivity contribution in [2.45, 2.75) is 19.8 Å². The van der Waals surface area contributed by atoms with Crippen LogP contribution >= 0.6 is 0 Å². The first kappa shape index (κ1) is 12.8. The molecule has 4 nitrogen and oxygen atoms in total. The summed E-state index contributed by atoms with van der Waals surface area (Å²) in [5.41, 5.74) is 6.56. The number of nitrogens with two attached hydrogens (primary N) is 1. The third-order valence-electron chi connectivity index (χ3n) is 3.05. The molecular formula is C14H20N4. The lowest BCUT2D eigenvalue weighted by Gasteiger charge is -2.09. The quantitative estimate of drug-likeness (QED) is 0.766. The Labute approximate surface area is 108 Å². The molecule has 0 saturated carbocycles. The van der Waals surface area contributed by atoms with Gasteiger partial charge in [0.25, 0.3) is 0 Å². The SMILES string of the molecule is CC(CN)CCCNc1ncc2ccccc2n1. The van der Waals surface area contributed by atoms with Gasteiger partial charge in [-0.05, 0) is 31.4 Å². The van der Waals surface area contributed by atoms with Crippen LogP contribution in [0.5, 0.6) is 0 Å². The van der Waals surface area contributed by atoms with E-state index in [4.69, 9.17) is 5.73 Å². The van der Waals surface area contributed by atoms with Crippen molar-refractivity contribution in [3.05, 3.63) is 30.5 Å². The molecule has 1 aromatic carbocycles. The summed E-state index contributed by atoms with van der Waals surface area (Å²) < 4.78 is 0.